The van der Waals surface area contributed by atoms with Crippen molar-refractivity contribution in [2.24, 2.45) is 17.6 Å². The number of ether oxygens (including phenoxy) is 1. The molecule has 23 heavy (non-hydrogen) atoms. The van der Waals surface area contributed by atoms with Crippen LogP contribution in [0.4, 0.5) is 5.69 Å². The van der Waals surface area contributed by atoms with Gasteiger partial charge in [0, 0.05) is 30.3 Å². The van der Waals surface area contributed by atoms with E-state index in [2.05, 4.69) is 10.6 Å². The Morgan fingerprint density at radius 2 is 2.04 bits per heavy atom. The maximum atomic E-state index is 11.9. The highest BCUT2D eigenvalue weighted by molar-refractivity contribution is 5.94. The summed E-state index contributed by atoms with van der Waals surface area (Å²) < 4.78 is 5.51. The fourth-order valence-corrected chi connectivity index (χ4v) is 2.52. The van der Waals surface area contributed by atoms with Crippen molar-refractivity contribution < 1.29 is 14.3 Å². The van der Waals surface area contributed by atoms with Crippen LogP contribution in [0.25, 0.3) is 0 Å². The molecule has 1 unspecified atom stereocenters. The van der Waals surface area contributed by atoms with E-state index in [1.165, 1.54) is 0 Å². The third-order valence-corrected chi connectivity index (χ3v) is 4.21. The number of carbonyl (C=O) groups excluding carboxylic acids is 2. The molecule has 1 aromatic carbocycles. The number of benzene rings is 1. The van der Waals surface area contributed by atoms with Gasteiger partial charge in [-0.15, -0.1) is 0 Å². The van der Waals surface area contributed by atoms with Gasteiger partial charge >= 0.3 is 0 Å². The average molecular weight is 317 g/mol. The summed E-state index contributed by atoms with van der Waals surface area (Å²) >= 11 is 0. The first-order chi connectivity index (χ1) is 11.2. The molecule has 0 heterocycles. The average Bonchev–Trinajstić information content (AvgIpc) is 3.41. The maximum Gasteiger partial charge on any atom is 0.258 e. The Kier molecular flexibility index (Phi) is 4.81. The number of hydrogen-bond donors (Lipinski definition) is 3. The normalized spacial score (nSPS) is 18.1. The van der Waals surface area contributed by atoms with Crippen molar-refractivity contribution in [1.29, 1.82) is 0 Å². The van der Waals surface area contributed by atoms with Gasteiger partial charge in [0.2, 0.25) is 5.91 Å². The second-order valence-electron chi connectivity index (χ2n) is 6.33. The Morgan fingerprint density at radius 3 is 2.70 bits per heavy atom. The van der Waals surface area contributed by atoms with E-state index in [9.17, 15) is 9.59 Å². The Bertz CT molecular complexity index is 582. The van der Waals surface area contributed by atoms with Gasteiger partial charge in [-0.3, -0.25) is 9.59 Å². The van der Waals surface area contributed by atoms with Crippen molar-refractivity contribution in [3.63, 3.8) is 0 Å². The molecule has 6 heteroatoms. The summed E-state index contributed by atoms with van der Waals surface area (Å²) in [7, 11) is 0. The molecule has 2 saturated carbocycles. The molecule has 2 aliphatic rings. The second-order valence-corrected chi connectivity index (χ2v) is 6.33. The minimum atomic E-state index is -0.167. The zero-order chi connectivity index (χ0) is 16.2. The Balaban J connectivity index is 1.47. The quantitative estimate of drug-likeness (QED) is 0.673. The van der Waals surface area contributed by atoms with Gasteiger partial charge in [-0.1, -0.05) is 6.07 Å². The van der Waals surface area contributed by atoms with Crippen molar-refractivity contribution in [1.82, 2.24) is 5.32 Å². The van der Waals surface area contributed by atoms with Crippen molar-refractivity contribution in [3.8, 4) is 5.75 Å². The number of nitrogens with one attached hydrogen (secondary N) is 2. The van der Waals surface area contributed by atoms with Crippen molar-refractivity contribution in [2.75, 3.05) is 18.5 Å². The highest BCUT2D eigenvalue weighted by atomic mass is 16.5. The number of rotatable bonds is 8. The van der Waals surface area contributed by atoms with Crippen LogP contribution >= 0.6 is 0 Å². The monoisotopic (exact) mass is 317 g/mol. The third-order valence-electron chi connectivity index (χ3n) is 4.21. The van der Waals surface area contributed by atoms with Gasteiger partial charge in [-0.2, -0.15) is 0 Å². The van der Waals surface area contributed by atoms with Crippen molar-refractivity contribution >= 4 is 17.5 Å². The number of amides is 2. The predicted molar refractivity (Wildman–Crippen MR) is 87.0 cm³/mol. The van der Waals surface area contributed by atoms with Crippen LogP contribution < -0.4 is 21.1 Å². The third kappa shape index (κ3) is 4.69. The highest BCUT2D eigenvalue weighted by Crippen LogP contribution is 2.32. The van der Waals surface area contributed by atoms with Gasteiger partial charge in [0.25, 0.3) is 5.91 Å². The summed E-state index contributed by atoms with van der Waals surface area (Å²) in [5.74, 6) is 1.12. The lowest BCUT2D eigenvalue weighted by Gasteiger charge is -2.16. The second kappa shape index (κ2) is 7.00. The maximum absolute atomic E-state index is 11.9. The summed E-state index contributed by atoms with van der Waals surface area (Å²) in [6, 6.07) is 7.15. The Morgan fingerprint density at radius 1 is 1.26 bits per heavy atom. The standard InChI is InChI=1S/C17H23N3O3/c18-9-15(11-4-5-11)20-16(21)10-23-14-3-1-2-13(8-14)19-17(22)12-6-7-12/h1-3,8,11-12,15H,4-7,9-10,18H2,(H,19,22)(H,20,21). The van der Waals surface area contributed by atoms with Gasteiger partial charge in [0.15, 0.2) is 6.61 Å². The molecule has 0 radical (unpaired) electrons. The van der Waals surface area contributed by atoms with E-state index >= 15 is 0 Å². The Labute approximate surface area is 135 Å². The molecule has 6 nitrogen and oxygen atoms in total. The summed E-state index contributed by atoms with van der Waals surface area (Å²) in [6.07, 6.45) is 4.19. The van der Waals surface area contributed by atoms with Gasteiger partial charge < -0.3 is 21.1 Å². The molecule has 0 aromatic heterocycles. The first-order valence-electron chi connectivity index (χ1n) is 8.19. The smallest absolute Gasteiger partial charge is 0.258 e. The van der Waals surface area contributed by atoms with Crippen LogP contribution in [0, 0.1) is 11.8 Å². The number of nitrogens with two attached hydrogens (primary N) is 1. The van der Waals surface area contributed by atoms with E-state index in [1.54, 1.807) is 18.2 Å². The lowest BCUT2D eigenvalue weighted by atomic mass is 10.2. The van der Waals surface area contributed by atoms with Crippen LogP contribution in [0.15, 0.2) is 24.3 Å². The summed E-state index contributed by atoms with van der Waals surface area (Å²) in [6.45, 7) is 0.405. The number of anilines is 1. The lowest BCUT2D eigenvalue weighted by molar-refractivity contribution is -0.124. The summed E-state index contributed by atoms with van der Waals surface area (Å²) in [4.78, 5) is 23.7. The molecule has 0 bridgehead atoms. The minimum absolute atomic E-state index is 0.0510. The molecule has 1 atom stereocenters. The van der Waals surface area contributed by atoms with E-state index < -0.39 is 0 Å². The van der Waals surface area contributed by atoms with Gasteiger partial charge in [0.05, 0.1) is 0 Å². The molecule has 0 spiro atoms. The molecular weight excluding hydrogens is 294 g/mol. The molecule has 0 aliphatic heterocycles. The van der Waals surface area contributed by atoms with Crippen LogP contribution in [0.2, 0.25) is 0 Å². The molecular formula is C17H23N3O3. The van der Waals surface area contributed by atoms with Crippen LogP contribution in [0.3, 0.4) is 0 Å². The van der Waals surface area contributed by atoms with Gasteiger partial charge in [-0.05, 0) is 43.7 Å². The fraction of sp³-hybridized carbons (Fsp3) is 0.529. The molecule has 4 N–H and O–H groups in total. The molecule has 0 saturated heterocycles. The van der Waals surface area contributed by atoms with Crippen molar-refractivity contribution in [3.05, 3.63) is 24.3 Å². The van der Waals surface area contributed by atoms with Gasteiger partial charge in [-0.25, -0.2) is 0 Å². The van der Waals surface area contributed by atoms with Crippen LogP contribution in [0.5, 0.6) is 5.75 Å². The minimum Gasteiger partial charge on any atom is -0.484 e. The largest absolute Gasteiger partial charge is 0.484 e. The number of hydrogen-bond acceptors (Lipinski definition) is 4. The summed E-state index contributed by atoms with van der Waals surface area (Å²) in [5, 5.41) is 5.77. The van der Waals surface area contributed by atoms with E-state index in [1.807, 2.05) is 6.07 Å². The van der Waals surface area contributed by atoms with Crippen molar-refractivity contribution in [2.45, 2.75) is 31.7 Å². The SMILES string of the molecule is NCC(NC(=O)COc1cccc(NC(=O)C2CC2)c1)C1CC1. The Hall–Kier alpha value is -2.08. The topological polar surface area (TPSA) is 93.4 Å². The van der Waals surface area contributed by atoms with E-state index in [0.717, 1.165) is 25.7 Å². The molecule has 1 aromatic rings. The van der Waals surface area contributed by atoms with E-state index in [0.29, 0.717) is 23.9 Å². The van der Waals surface area contributed by atoms with Gasteiger partial charge in [0.1, 0.15) is 5.75 Å². The lowest BCUT2D eigenvalue weighted by Crippen LogP contribution is -2.43. The first-order valence-corrected chi connectivity index (χ1v) is 8.19. The zero-order valence-corrected chi connectivity index (χ0v) is 13.1. The van der Waals surface area contributed by atoms with E-state index in [4.69, 9.17) is 10.5 Å². The fourth-order valence-electron chi connectivity index (χ4n) is 2.52. The predicted octanol–water partition coefficient (Wildman–Crippen LogP) is 1.27. The first kappa shape index (κ1) is 15.8. The zero-order valence-electron chi connectivity index (χ0n) is 13.1. The van der Waals surface area contributed by atoms with E-state index in [-0.39, 0.29) is 30.4 Å². The highest BCUT2D eigenvalue weighted by Gasteiger charge is 2.31. The molecule has 2 aliphatic carbocycles. The van der Waals surface area contributed by atoms with Crippen LogP contribution in [-0.4, -0.2) is 31.0 Å². The molecule has 124 valence electrons. The summed E-state index contributed by atoms with van der Waals surface area (Å²) in [5.41, 5.74) is 6.36. The van der Waals surface area contributed by atoms with Crippen LogP contribution in [-0.2, 0) is 9.59 Å². The molecule has 2 fully saturated rings. The molecule has 2 amide bonds. The number of carbonyl (C=O) groups is 2. The van der Waals surface area contributed by atoms with Crippen LogP contribution in [0.1, 0.15) is 25.7 Å². The molecule has 3 rings (SSSR count).